The van der Waals surface area contributed by atoms with Gasteiger partial charge in [0.15, 0.2) is 0 Å². The highest BCUT2D eigenvalue weighted by Gasteiger charge is 2.07. The second kappa shape index (κ2) is 5.45. The molecule has 1 aromatic heterocycles. The molecule has 0 fully saturated rings. The largest absolute Gasteiger partial charge is 0.367 e. The van der Waals surface area contributed by atoms with Crippen LogP contribution in [0.15, 0.2) is 10.7 Å². The summed E-state index contributed by atoms with van der Waals surface area (Å²) in [6, 6.07) is 2.35. The van der Waals surface area contributed by atoms with Crippen molar-refractivity contribution in [1.29, 1.82) is 0 Å². The number of anilines is 1. The summed E-state index contributed by atoms with van der Waals surface area (Å²) in [6.45, 7) is 8.48. The van der Waals surface area contributed by atoms with Gasteiger partial charge in [-0.3, -0.25) is 0 Å². The maximum atomic E-state index is 4.47. The smallest absolute Gasteiger partial charge is 0.134 e. The van der Waals surface area contributed by atoms with E-state index in [0.29, 0.717) is 12.0 Å². The van der Waals surface area contributed by atoms with Gasteiger partial charge in [-0.1, -0.05) is 20.8 Å². The molecular formula is C11H18BrN3. The minimum absolute atomic E-state index is 0.347. The van der Waals surface area contributed by atoms with Gasteiger partial charge in [-0.05, 0) is 29.3 Å². The Morgan fingerprint density at radius 2 is 2.00 bits per heavy atom. The Morgan fingerprint density at radius 3 is 2.53 bits per heavy atom. The summed E-state index contributed by atoms with van der Waals surface area (Å²) in [6.07, 6.45) is 1.08. The Balaban J connectivity index is 2.88. The van der Waals surface area contributed by atoms with Gasteiger partial charge in [0.05, 0.1) is 0 Å². The molecule has 0 aliphatic heterocycles. The van der Waals surface area contributed by atoms with Gasteiger partial charge in [-0.25, -0.2) is 9.97 Å². The minimum Gasteiger partial charge on any atom is -0.367 e. The topological polar surface area (TPSA) is 37.8 Å². The van der Waals surface area contributed by atoms with Crippen molar-refractivity contribution in [2.45, 2.75) is 46.1 Å². The molecule has 1 unspecified atom stereocenters. The van der Waals surface area contributed by atoms with Crippen molar-refractivity contribution >= 4 is 21.7 Å². The first kappa shape index (κ1) is 12.4. The zero-order chi connectivity index (χ0) is 11.4. The second-order valence-electron chi connectivity index (χ2n) is 4.04. The Bertz CT molecular complexity index is 326. The van der Waals surface area contributed by atoms with E-state index in [9.17, 15) is 0 Å². The Labute approximate surface area is 99.8 Å². The maximum absolute atomic E-state index is 4.47. The van der Waals surface area contributed by atoms with Gasteiger partial charge >= 0.3 is 0 Å². The molecule has 0 radical (unpaired) electrons. The summed E-state index contributed by atoms with van der Waals surface area (Å²) in [5.41, 5.74) is 0. The number of rotatable bonds is 4. The van der Waals surface area contributed by atoms with E-state index in [1.165, 1.54) is 0 Å². The summed E-state index contributed by atoms with van der Waals surface area (Å²) >= 11 is 3.40. The highest BCUT2D eigenvalue weighted by molar-refractivity contribution is 9.10. The molecule has 15 heavy (non-hydrogen) atoms. The third-order valence-electron chi connectivity index (χ3n) is 2.24. The van der Waals surface area contributed by atoms with E-state index in [4.69, 9.17) is 0 Å². The fraction of sp³-hybridized carbons (Fsp3) is 0.636. The first-order chi connectivity index (χ1) is 7.02. The molecule has 3 nitrogen and oxygen atoms in total. The Hall–Kier alpha value is -0.640. The van der Waals surface area contributed by atoms with Crippen molar-refractivity contribution in [3.8, 4) is 0 Å². The first-order valence-corrected chi connectivity index (χ1v) is 6.13. The molecule has 1 aromatic rings. The molecule has 0 bridgehead atoms. The molecule has 84 valence electrons. The van der Waals surface area contributed by atoms with Gasteiger partial charge in [0.25, 0.3) is 0 Å². The monoisotopic (exact) mass is 271 g/mol. The summed E-state index contributed by atoms with van der Waals surface area (Å²) in [7, 11) is 0. The fourth-order valence-corrected chi connectivity index (χ4v) is 1.52. The van der Waals surface area contributed by atoms with Crippen LogP contribution in [0.25, 0.3) is 0 Å². The van der Waals surface area contributed by atoms with Gasteiger partial charge in [0.2, 0.25) is 0 Å². The van der Waals surface area contributed by atoms with E-state index >= 15 is 0 Å². The highest BCUT2D eigenvalue weighted by Crippen LogP contribution is 2.18. The average Bonchev–Trinajstić information content (AvgIpc) is 2.16. The number of hydrogen-bond acceptors (Lipinski definition) is 3. The zero-order valence-corrected chi connectivity index (χ0v) is 11.3. The normalized spacial score (nSPS) is 12.9. The second-order valence-corrected chi connectivity index (χ2v) is 4.85. The van der Waals surface area contributed by atoms with E-state index in [0.717, 1.165) is 22.7 Å². The predicted molar refractivity (Wildman–Crippen MR) is 67.2 cm³/mol. The minimum atomic E-state index is 0.347. The van der Waals surface area contributed by atoms with Crippen LogP contribution in [-0.4, -0.2) is 16.0 Å². The molecule has 1 N–H and O–H groups in total. The van der Waals surface area contributed by atoms with Gasteiger partial charge in [-0.2, -0.15) is 0 Å². The molecule has 0 amide bonds. The van der Waals surface area contributed by atoms with Crippen molar-refractivity contribution in [2.24, 2.45) is 0 Å². The molecule has 0 spiro atoms. The first-order valence-electron chi connectivity index (χ1n) is 5.34. The highest BCUT2D eigenvalue weighted by atomic mass is 79.9. The molecule has 1 atom stereocenters. The number of nitrogens with zero attached hydrogens (tertiary/aromatic N) is 2. The van der Waals surface area contributed by atoms with Gasteiger partial charge < -0.3 is 5.32 Å². The van der Waals surface area contributed by atoms with Crippen LogP contribution in [0.4, 0.5) is 5.82 Å². The lowest BCUT2D eigenvalue weighted by Gasteiger charge is -2.13. The number of nitrogens with one attached hydrogen (secondary N) is 1. The fourth-order valence-electron chi connectivity index (χ4n) is 1.12. The lowest BCUT2D eigenvalue weighted by atomic mass is 10.2. The molecule has 0 aromatic carbocycles. The Morgan fingerprint density at radius 1 is 1.33 bits per heavy atom. The van der Waals surface area contributed by atoms with Crippen molar-refractivity contribution in [2.75, 3.05) is 5.32 Å². The molecular weight excluding hydrogens is 254 g/mol. The molecule has 0 aliphatic rings. The summed E-state index contributed by atoms with van der Waals surface area (Å²) < 4.78 is 0.840. The van der Waals surface area contributed by atoms with E-state index in [1.54, 1.807) is 0 Å². The van der Waals surface area contributed by atoms with Crippen molar-refractivity contribution < 1.29 is 0 Å². The van der Waals surface area contributed by atoms with Crippen LogP contribution in [0, 0.1) is 0 Å². The quantitative estimate of drug-likeness (QED) is 0.851. The molecule has 1 heterocycles. The van der Waals surface area contributed by atoms with E-state index in [2.05, 4.69) is 58.9 Å². The molecule has 1 rings (SSSR count). The van der Waals surface area contributed by atoms with Crippen LogP contribution in [0.5, 0.6) is 0 Å². The SMILES string of the molecule is CCC(C)Nc1cc(Br)nc(C(C)C)n1. The van der Waals surface area contributed by atoms with Crippen molar-refractivity contribution in [3.63, 3.8) is 0 Å². The molecule has 0 saturated heterocycles. The maximum Gasteiger partial charge on any atom is 0.134 e. The van der Waals surface area contributed by atoms with Crippen LogP contribution >= 0.6 is 15.9 Å². The van der Waals surface area contributed by atoms with Crippen LogP contribution in [0.1, 0.15) is 45.9 Å². The molecule has 0 saturated carbocycles. The van der Waals surface area contributed by atoms with Gasteiger partial charge in [0.1, 0.15) is 16.2 Å². The summed E-state index contributed by atoms with van der Waals surface area (Å²) in [5.74, 6) is 2.12. The Kier molecular flexibility index (Phi) is 4.51. The van der Waals surface area contributed by atoms with Gasteiger partial charge in [0, 0.05) is 18.0 Å². The molecule has 4 heteroatoms. The van der Waals surface area contributed by atoms with E-state index in [1.807, 2.05) is 6.07 Å². The lowest BCUT2D eigenvalue weighted by Crippen LogP contribution is -2.15. The zero-order valence-electron chi connectivity index (χ0n) is 9.71. The third-order valence-corrected chi connectivity index (χ3v) is 2.64. The van der Waals surface area contributed by atoms with Crippen LogP contribution < -0.4 is 5.32 Å². The van der Waals surface area contributed by atoms with Crippen LogP contribution in [0.2, 0.25) is 0 Å². The van der Waals surface area contributed by atoms with Crippen molar-refractivity contribution in [3.05, 3.63) is 16.5 Å². The molecule has 0 aliphatic carbocycles. The number of halogens is 1. The van der Waals surface area contributed by atoms with Crippen LogP contribution in [-0.2, 0) is 0 Å². The standard InChI is InChI=1S/C11H18BrN3/c1-5-8(4)13-10-6-9(12)14-11(15-10)7(2)3/h6-8H,5H2,1-4H3,(H,13,14,15). The van der Waals surface area contributed by atoms with Gasteiger partial charge in [-0.15, -0.1) is 0 Å². The van der Waals surface area contributed by atoms with Crippen molar-refractivity contribution in [1.82, 2.24) is 9.97 Å². The average molecular weight is 272 g/mol. The lowest BCUT2D eigenvalue weighted by molar-refractivity contribution is 0.738. The predicted octanol–water partition coefficient (Wildman–Crippen LogP) is 3.57. The summed E-state index contributed by atoms with van der Waals surface area (Å²) in [5, 5.41) is 3.35. The number of hydrogen-bond donors (Lipinski definition) is 1. The van der Waals surface area contributed by atoms with Crippen LogP contribution in [0.3, 0.4) is 0 Å². The third kappa shape index (κ3) is 3.78. The van der Waals surface area contributed by atoms with E-state index in [-0.39, 0.29) is 0 Å². The summed E-state index contributed by atoms with van der Waals surface area (Å²) in [4.78, 5) is 8.80. The van der Waals surface area contributed by atoms with E-state index < -0.39 is 0 Å². The number of aromatic nitrogens is 2.